The molecule has 1 atom stereocenters. The van der Waals surface area contributed by atoms with Gasteiger partial charge in [0.25, 0.3) is 0 Å². The van der Waals surface area contributed by atoms with Crippen molar-refractivity contribution in [2.75, 3.05) is 6.54 Å². The van der Waals surface area contributed by atoms with Crippen LogP contribution in [0.5, 0.6) is 0 Å². The second-order valence-corrected chi connectivity index (χ2v) is 5.90. The molecule has 1 aliphatic rings. The number of aromatic amines is 1. The fraction of sp³-hybridized carbons (Fsp3) is 0.769. The molecule has 0 radical (unpaired) electrons. The molecule has 0 amide bonds. The van der Waals surface area contributed by atoms with Gasteiger partial charge in [0.2, 0.25) is 0 Å². The van der Waals surface area contributed by atoms with Crippen LogP contribution in [0.4, 0.5) is 0 Å². The summed E-state index contributed by atoms with van der Waals surface area (Å²) in [7, 11) is 0. The standard InChI is InChI=1S/C13H23N3/c1-9-12(13(2,3)4)16-11(15-9)8-10-6-5-7-14-10/h10,14H,5-8H2,1-4H3,(H,15,16). The van der Waals surface area contributed by atoms with E-state index in [1.165, 1.54) is 24.2 Å². The molecule has 0 bridgehead atoms. The number of nitrogens with one attached hydrogen (secondary N) is 2. The molecule has 1 aliphatic heterocycles. The van der Waals surface area contributed by atoms with E-state index in [0.717, 1.165) is 18.8 Å². The Morgan fingerprint density at radius 2 is 2.12 bits per heavy atom. The highest BCUT2D eigenvalue weighted by atomic mass is 15.0. The van der Waals surface area contributed by atoms with Gasteiger partial charge in [-0.05, 0) is 26.3 Å². The minimum absolute atomic E-state index is 0.141. The van der Waals surface area contributed by atoms with E-state index < -0.39 is 0 Å². The van der Waals surface area contributed by atoms with Gasteiger partial charge in [-0.1, -0.05) is 20.8 Å². The van der Waals surface area contributed by atoms with E-state index in [1.54, 1.807) is 0 Å². The summed E-state index contributed by atoms with van der Waals surface area (Å²) in [6, 6.07) is 0.623. The second kappa shape index (κ2) is 4.21. The van der Waals surface area contributed by atoms with Crippen molar-refractivity contribution in [2.45, 2.75) is 58.4 Å². The summed E-state index contributed by atoms with van der Waals surface area (Å²) in [5.41, 5.74) is 2.57. The van der Waals surface area contributed by atoms with E-state index in [2.05, 4.69) is 38.0 Å². The van der Waals surface area contributed by atoms with Gasteiger partial charge in [0.05, 0.1) is 5.69 Å². The normalized spacial score (nSPS) is 21.6. The predicted molar refractivity (Wildman–Crippen MR) is 66.8 cm³/mol. The maximum Gasteiger partial charge on any atom is 0.108 e. The van der Waals surface area contributed by atoms with Crippen LogP contribution < -0.4 is 5.32 Å². The van der Waals surface area contributed by atoms with Crippen molar-refractivity contribution in [3.05, 3.63) is 17.2 Å². The summed E-state index contributed by atoms with van der Waals surface area (Å²) in [5, 5.41) is 3.51. The molecule has 0 spiro atoms. The van der Waals surface area contributed by atoms with Crippen molar-refractivity contribution in [2.24, 2.45) is 0 Å². The lowest BCUT2D eigenvalue weighted by Crippen LogP contribution is -2.24. The van der Waals surface area contributed by atoms with Crippen LogP contribution in [0.2, 0.25) is 0 Å². The van der Waals surface area contributed by atoms with Crippen LogP contribution in [0.15, 0.2) is 0 Å². The lowest BCUT2D eigenvalue weighted by molar-refractivity contribution is 0.559. The van der Waals surface area contributed by atoms with Gasteiger partial charge in [-0.25, -0.2) is 4.98 Å². The van der Waals surface area contributed by atoms with Crippen LogP contribution in [0.25, 0.3) is 0 Å². The average Bonchev–Trinajstić information content (AvgIpc) is 2.74. The van der Waals surface area contributed by atoms with E-state index in [1.807, 2.05) is 0 Å². The molecule has 3 nitrogen and oxygen atoms in total. The number of hydrogen-bond donors (Lipinski definition) is 2. The molecule has 1 fully saturated rings. The zero-order chi connectivity index (χ0) is 11.8. The minimum atomic E-state index is 0.141. The van der Waals surface area contributed by atoms with Crippen molar-refractivity contribution in [3.8, 4) is 0 Å². The largest absolute Gasteiger partial charge is 0.346 e. The van der Waals surface area contributed by atoms with Gasteiger partial charge in [-0.2, -0.15) is 0 Å². The highest BCUT2D eigenvalue weighted by Crippen LogP contribution is 2.24. The van der Waals surface area contributed by atoms with Crippen LogP contribution in [0.3, 0.4) is 0 Å². The Labute approximate surface area is 98.1 Å². The first-order chi connectivity index (χ1) is 7.47. The summed E-state index contributed by atoms with van der Waals surface area (Å²) in [5.74, 6) is 1.14. The van der Waals surface area contributed by atoms with Crippen LogP contribution in [-0.4, -0.2) is 22.6 Å². The van der Waals surface area contributed by atoms with E-state index >= 15 is 0 Å². The van der Waals surface area contributed by atoms with Crippen LogP contribution in [0, 0.1) is 6.92 Å². The van der Waals surface area contributed by atoms with E-state index in [-0.39, 0.29) is 5.41 Å². The van der Waals surface area contributed by atoms with Crippen molar-refractivity contribution in [1.29, 1.82) is 0 Å². The Balaban J connectivity index is 2.11. The summed E-state index contributed by atoms with van der Waals surface area (Å²) < 4.78 is 0. The van der Waals surface area contributed by atoms with Gasteiger partial charge in [-0.15, -0.1) is 0 Å². The molecular formula is C13H23N3. The third-order valence-corrected chi connectivity index (χ3v) is 3.25. The molecule has 2 heterocycles. The molecule has 1 aromatic heterocycles. The molecule has 0 aliphatic carbocycles. The Morgan fingerprint density at radius 3 is 2.62 bits per heavy atom. The van der Waals surface area contributed by atoms with E-state index in [4.69, 9.17) is 4.98 Å². The molecule has 16 heavy (non-hydrogen) atoms. The predicted octanol–water partition coefficient (Wildman–Crippen LogP) is 2.31. The number of H-pyrrole nitrogens is 1. The van der Waals surface area contributed by atoms with Gasteiger partial charge in [0.1, 0.15) is 5.82 Å². The maximum atomic E-state index is 4.75. The molecular weight excluding hydrogens is 198 g/mol. The molecule has 1 unspecified atom stereocenters. The van der Waals surface area contributed by atoms with Gasteiger partial charge in [0, 0.05) is 23.6 Å². The smallest absolute Gasteiger partial charge is 0.108 e. The molecule has 3 heteroatoms. The monoisotopic (exact) mass is 221 g/mol. The lowest BCUT2D eigenvalue weighted by Gasteiger charge is -2.16. The fourth-order valence-electron chi connectivity index (χ4n) is 2.51. The Bertz CT molecular complexity index is 354. The Morgan fingerprint density at radius 1 is 1.38 bits per heavy atom. The van der Waals surface area contributed by atoms with Gasteiger partial charge < -0.3 is 10.3 Å². The summed E-state index contributed by atoms with van der Waals surface area (Å²) in [6.07, 6.45) is 3.62. The number of imidazole rings is 1. The molecule has 90 valence electrons. The quantitative estimate of drug-likeness (QED) is 0.804. The molecule has 0 aromatic carbocycles. The second-order valence-electron chi connectivity index (χ2n) is 5.90. The molecule has 2 rings (SSSR count). The van der Waals surface area contributed by atoms with Gasteiger partial charge >= 0.3 is 0 Å². The average molecular weight is 221 g/mol. The van der Waals surface area contributed by atoms with Crippen LogP contribution >= 0.6 is 0 Å². The van der Waals surface area contributed by atoms with Crippen molar-refractivity contribution >= 4 is 0 Å². The number of rotatable bonds is 2. The topological polar surface area (TPSA) is 40.7 Å². The Kier molecular flexibility index (Phi) is 3.06. The van der Waals surface area contributed by atoms with Gasteiger partial charge in [-0.3, -0.25) is 0 Å². The molecule has 1 saturated heterocycles. The fourth-order valence-corrected chi connectivity index (χ4v) is 2.51. The third-order valence-electron chi connectivity index (χ3n) is 3.25. The number of aryl methyl sites for hydroxylation is 1. The zero-order valence-corrected chi connectivity index (χ0v) is 10.9. The highest BCUT2D eigenvalue weighted by molar-refractivity contribution is 5.21. The zero-order valence-electron chi connectivity index (χ0n) is 10.9. The molecule has 0 saturated carbocycles. The Hall–Kier alpha value is -0.830. The lowest BCUT2D eigenvalue weighted by atomic mass is 9.91. The van der Waals surface area contributed by atoms with Crippen molar-refractivity contribution in [3.63, 3.8) is 0 Å². The first-order valence-corrected chi connectivity index (χ1v) is 6.26. The number of nitrogens with zero attached hydrogens (tertiary/aromatic N) is 1. The minimum Gasteiger partial charge on any atom is -0.346 e. The molecule has 2 N–H and O–H groups in total. The van der Waals surface area contributed by atoms with Gasteiger partial charge in [0.15, 0.2) is 0 Å². The maximum absolute atomic E-state index is 4.75. The van der Waals surface area contributed by atoms with E-state index in [0.29, 0.717) is 6.04 Å². The summed E-state index contributed by atoms with van der Waals surface area (Å²) in [4.78, 5) is 8.18. The molecule has 1 aromatic rings. The third kappa shape index (κ3) is 2.46. The van der Waals surface area contributed by atoms with Crippen LogP contribution in [0.1, 0.15) is 50.8 Å². The first kappa shape index (κ1) is 11.6. The number of hydrogen-bond acceptors (Lipinski definition) is 2. The SMILES string of the molecule is Cc1[nH]c(CC2CCCN2)nc1C(C)(C)C. The summed E-state index contributed by atoms with van der Waals surface area (Å²) in [6.45, 7) is 9.94. The van der Waals surface area contributed by atoms with Crippen molar-refractivity contribution < 1.29 is 0 Å². The number of aromatic nitrogens is 2. The van der Waals surface area contributed by atoms with Crippen molar-refractivity contribution in [1.82, 2.24) is 15.3 Å². The van der Waals surface area contributed by atoms with E-state index in [9.17, 15) is 0 Å². The summed E-state index contributed by atoms with van der Waals surface area (Å²) >= 11 is 0. The van der Waals surface area contributed by atoms with Crippen LogP contribution in [-0.2, 0) is 11.8 Å². The highest BCUT2D eigenvalue weighted by Gasteiger charge is 2.22. The first-order valence-electron chi connectivity index (χ1n) is 6.26.